The predicted molar refractivity (Wildman–Crippen MR) is 67.4 cm³/mol. The van der Waals surface area contributed by atoms with Crippen molar-refractivity contribution in [1.82, 2.24) is 5.32 Å². The van der Waals surface area contributed by atoms with Gasteiger partial charge in [-0.3, -0.25) is 5.32 Å². The number of urea groups is 1. The van der Waals surface area contributed by atoms with E-state index < -0.39 is 0 Å². The number of carbonyl (C=O) groups excluding carboxylic acids is 1. The fourth-order valence-corrected chi connectivity index (χ4v) is 2.27. The number of rotatable bonds is 4. The number of carbonyl (C=O) groups is 1. The van der Waals surface area contributed by atoms with Crippen molar-refractivity contribution in [2.45, 2.75) is 13.8 Å². The van der Waals surface area contributed by atoms with Crippen molar-refractivity contribution in [1.29, 1.82) is 5.26 Å². The highest BCUT2D eigenvalue weighted by molar-refractivity contribution is 7.16. The molecule has 6 heteroatoms. The van der Waals surface area contributed by atoms with Gasteiger partial charge in [0.2, 0.25) is 0 Å². The van der Waals surface area contributed by atoms with Crippen LogP contribution in [0.15, 0.2) is 0 Å². The summed E-state index contributed by atoms with van der Waals surface area (Å²) in [5, 5.41) is 14.9. The van der Waals surface area contributed by atoms with Gasteiger partial charge in [-0.2, -0.15) is 5.26 Å². The molecule has 2 amide bonds. The summed E-state index contributed by atoms with van der Waals surface area (Å²) in [6.07, 6.45) is 0. The molecule has 0 aromatic carbocycles. The van der Waals surface area contributed by atoms with Crippen LogP contribution in [0.2, 0.25) is 0 Å². The van der Waals surface area contributed by atoms with Crippen molar-refractivity contribution in [3.63, 3.8) is 0 Å². The molecule has 0 aliphatic heterocycles. The molecule has 0 saturated carbocycles. The quantitative estimate of drug-likeness (QED) is 0.806. The van der Waals surface area contributed by atoms with E-state index in [4.69, 9.17) is 10.00 Å². The van der Waals surface area contributed by atoms with Gasteiger partial charge in [-0.25, -0.2) is 4.79 Å². The van der Waals surface area contributed by atoms with E-state index in [9.17, 15) is 4.79 Å². The average molecular weight is 253 g/mol. The number of ether oxygens (including phenoxy) is 1. The number of nitrogens with zero attached hydrogens (tertiary/aromatic N) is 1. The fourth-order valence-electron chi connectivity index (χ4n) is 1.26. The second-order valence-corrected chi connectivity index (χ2v) is 4.70. The minimum atomic E-state index is -0.320. The number of hydrogen-bond donors (Lipinski definition) is 2. The Morgan fingerprint density at radius 2 is 2.24 bits per heavy atom. The lowest BCUT2D eigenvalue weighted by atomic mass is 10.2. The summed E-state index contributed by atoms with van der Waals surface area (Å²) in [4.78, 5) is 12.5. The van der Waals surface area contributed by atoms with Crippen LogP contribution in [-0.4, -0.2) is 26.3 Å². The van der Waals surface area contributed by atoms with Crippen LogP contribution in [0.25, 0.3) is 0 Å². The second kappa shape index (κ2) is 6.23. The topological polar surface area (TPSA) is 74.2 Å². The number of amides is 2. The molecule has 0 aliphatic carbocycles. The minimum absolute atomic E-state index is 0.320. The van der Waals surface area contributed by atoms with Gasteiger partial charge in [0.15, 0.2) is 0 Å². The van der Waals surface area contributed by atoms with E-state index in [0.717, 1.165) is 10.4 Å². The second-order valence-electron chi connectivity index (χ2n) is 3.47. The largest absolute Gasteiger partial charge is 0.383 e. The first-order chi connectivity index (χ1) is 8.10. The summed E-state index contributed by atoms with van der Waals surface area (Å²) in [7, 11) is 1.57. The van der Waals surface area contributed by atoms with Crippen LogP contribution in [0.4, 0.5) is 9.80 Å². The lowest BCUT2D eigenvalue weighted by molar-refractivity contribution is 0.198. The Balaban J connectivity index is 2.66. The molecule has 0 aliphatic rings. The monoisotopic (exact) mass is 253 g/mol. The van der Waals surface area contributed by atoms with Crippen molar-refractivity contribution < 1.29 is 9.53 Å². The Morgan fingerprint density at radius 3 is 2.82 bits per heavy atom. The third kappa shape index (κ3) is 3.44. The van der Waals surface area contributed by atoms with E-state index in [2.05, 4.69) is 16.7 Å². The normalized spacial score (nSPS) is 9.76. The third-order valence-corrected chi connectivity index (χ3v) is 3.44. The van der Waals surface area contributed by atoms with Crippen LogP contribution in [-0.2, 0) is 4.74 Å². The average Bonchev–Trinajstić information content (AvgIpc) is 2.54. The van der Waals surface area contributed by atoms with Crippen molar-refractivity contribution in [3.05, 3.63) is 16.0 Å². The van der Waals surface area contributed by atoms with Gasteiger partial charge in [-0.1, -0.05) is 0 Å². The highest BCUT2D eigenvalue weighted by Crippen LogP contribution is 2.31. The summed E-state index contributed by atoms with van der Waals surface area (Å²) < 4.78 is 4.82. The van der Waals surface area contributed by atoms with Crippen LogP contribution in [0.3, 0.4) is 0 Å². The van der Waals surface area contributed by atoms with Gasteiger partial charge < -0.3 is 10.1 Å². The molecule has 1 heterocycles. The van der Waals surface area contributed by atoms with Crippen molar-refractivity contribution in [2.24, 2.45) is 0 Å². The summed E-state index contributed by atoms with van der Waals surface area (Å²) >= 11 is 1.41. The first kappa shape index (κ1) is 13.5. The maximum absolute atomic E-state index is 11.5. The third-order valence-electron chi connectivity index (χ3n) is 2.32. The van der Waals surface area contributed by atoms with E-state index >= 15 is 0 Å². The number of thiophene rings is 1. The molecule has 0 bridgehead atoms. The zero-order valence-electron chi connectivity index (χ0n) is 10.1. The molecule has 0 radical (unpaired) electrons. The molecular weight excluding hydrogens is 238 g/mol. The van der Waals surface area contributed by atoms with E-state index in [0.29, 0.717) is 23.7 Å². The number of aryl methyl sites for hydroxylation is 1. The maximum atomic E-state index is 11.5. The maximum Gasteiger partial charge on any atom is 0.319 e. The molecule has 17 heavy (non-hydrogen) atoms. The molecule has 0 spiro atoms. The number of hydrogen-bond acceptors (Lipinski definition) is 4. The van der Waals surface area contributed by atoms with Crippen LogP contribution in [0, 0.1) is 25.2 Å². The molecule has 0 fully saturated rings. The zero-order valence-corrected chi connectivity index (χ0v) is 10.9. The van der Waals surface area contributed by atoms with Gasteiger partial charge >= 0.3 is 6.03 Å². The highest BCUT2D eigenvalue weighted by Gasteiger charge is 2.13. The molecule has 0 atom stereocenters. The Morgan fingerprint density at radius 1 is 1.53 bits per heavy atom. The zero-order chi connectivity index (χ0) is 12.8. The molecule has 0 unspecified atom stereocenters. The Labute approximate surface area is 104 Å². The Hall–Kier alpha value is -1.58. The van der Waals surface area contributed by atoms with Gasteiger partial charge in [-0.05, 0) is 19.4 Å². The summed E-state index contributed by atoms with van der Waals surface area (Å²) in [5.74, 6) is 0. The Kier molecular flexibility index (Phi) is 4.94. The van der Waals surface area contributed by atoms with Crippen LogP contribution >= 0.6 is 11.3 Å². The van der Waals surface area contributed by atoms with Gasteiger partial charge in [0.05, 0.1) is 12.2 Å². The highest BCUT2D eigenvalue weighted by atomic mass is 32.1. The SMILES string of the molecule is COCCNC(=O)Nc1sc(C)c(C)c1C#N. The molecule has 1 aromatic heterocycles. The summed E-state index contributed by atoms with van der Waals surface area (Å²) in [6.45, 7) is 4.70. The Bertz CT molecular complexity index is 448. The summed E-state index contributed by atoms with van der Waals surface area (Å²) in [5.41, 5.74) is 1.46. The van der Waals surface area contributed by atoms with Crippen molar-refractivity contribution in [2.75, 3.05) is 25.6 Å². The van der Waals surface area contributed by atoms with Gasteiger partial charge in [0.25, 0.3) is 0 Å². The van der Waals surface area contributed by atoms with Crippen molar-refractivity contribution >= 4 is 22.4 Å². The van der Waals surface area contributed by atoms with Crippen LogP contribution < -0.4 is 10.6 Å². The molecular formula is C11H15N3O2S. The molecule has 1 aromatic rings. The minimum Gasteiger partial charge on any atom is -0.383 e. The first-order valence-electron chi connectivity index (χ1n) is 5.14. The van der Waals surface area contributed by atoms with Crippen LogP contribution in [0.5, 0.6) is 0 Å². The van der Waals surface area contributed by atoms with Crippen LogP contribution in [0.1, 0.15) is 16.0 Å². The van der Waals surface area contributed by atoms with E-state index in [1.165, 1.54) is 11.3 Å². The van der Waals surface area contributed by atoms with E-state index in [1.54, 1.807) is 7.11 Å². The van der Waals surface area contributed by atoms with Gasteiger partial charge in [-0.15, -0.1) is 11.3 Å². The van der Waals surface area contributed by atoms with E-state index in [-0.39, 0.29) is 6.03 Å². The lowest BCUT2D eigenvalue weighted by Gasteiger charge is -2.05. The summed E-state index contributed by atoms with van der Waals surface area (Å²) in [6, 6.07) is 1.78. The number of nitriles is 1. The first-order valence-corrected chi connectivity index (χ1v) is 5.95. The lowest BCUT2D eigenvalue weighted by Crippen LogP contribution is -2.31. The molecule has 5 nitrogen and oxygen atoms in total. The van der Waals surface area contributed by atoms with E-state index in [1.807, 2.05) is 13.8 Å². The predicted octanol–water partition coefficient (Wildman–Crippen LogP) is 2.00. The molecule has 0 saturated heterocycles. The number of methoxy groups -OCH3 is 1. The number of nitrogens with one attached hydrogen (secondary N) is 2. The molecule has 2 N–H and O–H groups in total. The molecule has 92 valence electrons. The standard InChI is InChI=1S/C11H15N3O2S/c1-7-8(2)17-10(9(7)6-12)14-11(15)13-4-5-16-3/h4-5H2,1-3H3,(H2,13,14,15). The van der Waals surface area contributed by atoms with Crippen molar-refractivity contribution in [3.8, 4) is 6.07 Å². The number of anilines is 1. The molecule has 1 rings (SSSR count). The van der Waals surface area contributed by atoms with Gasteiger partial charge in [0.1, 0.15) is 11.1 Å². The van der Waals surface area contributed by atoms with Gasteiger partial charge in [0, 0.05) is 18.5 Å². The smallest absolute Gasteiger partial charge is 0.319 e. The fraction of sp³-hybridized carbons (Fsp3) is 0.455.